The lowest BCUT2D eigenvalue weighted by Gasteiger charge is -2.17. The number of fused-ring (bicyclic) bond motifs is 1. The van der Waals surface area contributed by atoms with E-state index in [1.807, 2.05) is 31.2 Å². The quantitative estimate of drug-likeness (QED) is 0.778. The summed E-state index contributed by atoms with van der Waals surface area (Å²) in [6, 6.07) is 17.9. The first kappa shape index (κ1) is 15.4. The topological polar surface area (TPSA) is 38.8 Å². The van der Waals surface area contributed by atoms with Crippen LogP contribution in [0.15, 0.2) is 59.4 Å². The maximum atomic E-state index is 12.4. The van der Waals surface area contributed by atoms with E-state index in [1.165, 1.54) is 10.5 Å². The van der Waals surface area contributed by atoms with Gasteiger partial charge in [-0.05, 0) is 26.0 Å². The number of pyridine rings is 1. The molecule has 2 aromatic heterocycles. The molecular formula is C19H22N3O+. The fourth-order valence-electron chi connectivity index (χ4n) is 2.91. The average Bonchev–Trinajstić information content (AvgIpc) is 2.55. The van der Waals surface area contributed by atoms with Gasteiger partial charge < -0.3 is 4.90 Å². The normalized spacial score (nSPS) is 12.4. The number of benzene rings is 1. The molecule has 0 saturated heterocycles. The molecule has 0 radical (unpaired) electrons. The van der Waals surface area contributed by atoms with Crippen molar-refractivity contribution in [2.45, 2.75) is 26.9 Å². The van der Waals surface area contributed by atoms with E-state index in [4.69, 9.17) is 0 Å². The molecule has 1 unspecified atom stereocenters. The van der Waals surface area contributed by atoms with Gasteiger partial charge in [0.2, 0.25) is 0 Å². The molecule has 2 heterocycles. The number of quaternary nitrogens is 1. The Hall–Kier alpha value is -2.46. The van der Waals surface area contributed by atoms with E-state index < -0.39 is 0 Å². The SMILES string of the molecule is CC[NH+](Cc1ccccc1)Cc1cc(=O)n2c(C)cccc2n1. The molecule has 0 saturated carbocycles. The van der Waals surface area contributed by atoms with Gasteiger partial charge in [-0.2, -0.15) is 0 Å². The lowest BCUT2D eigenvalue weighted by Crippen LogP contribution is -3.09. The molecule has 0 aliphatic heterocycles. The van der Waals surface area contributed by atoms with Crippen molar-refractivity contribution in [1.29, 1.82) is 0 Å². The molecule has 1 N–H and O–H groups in total. The summed E-state index contributed by atoms with van der Waals surface area (Å²) < 4.78 is 1.66. The van der Waals surface area contributed by atoms with Crippen LogP contribution in [0.25, 0.3) is 5.65 Å². The van der Waals surface area contributed by atoms with Gasteiger partial charge >= 0.3 is 0 Å². The number of rotatable bonds is 5. The highest BCUT2D eigenvalue weighted by atomic mass is 16.1. The summed E-state index contributed by atoms with van der Waals surface area (Å²) in [6.07, 6.45) is 0. The van der Waals surface area contributed by atoms with Crippen molar-refractivity contribution in [3.8, 4) is 0 Å². The van der Waals surface area contributed by atoms with Gasteiger partial charge in [0.15, 0.2) is 0 Å². The molecule has 1 atom stereocenters. The fraction of sp³-hybridized carbons (Fsp3) is 0.263. The van der Waals surface area contributed by atoms with Gasteiger partial charge in [0.25, 0.3) is 5.56 Å². The Balaban J connectivity index is 1.86. The molecule has 23 heavy (non-hydrogen) atoms. The molecule has 1 aromatic carbocycles. The summed E-state index contributed by atoms with van der Waals surface area (Å²) in [5.74, 6) is 0. The molecule has 3 rings (SSSR count). The summed E-state index contributed by atoms with van der Waals surface area (Å²) >= 11 is 0. The van der Waals surface area contributed by atoms with Crippen LogP contribution < -0.4 is 10.5 Å². The second-order valence-corrected chi connectivity index (χ2v) is 5.89. The van der Waals surface area contributed by atoms with Gasteiger partial charge in [0.05, 0.1) is 6.54 Å². The van der Waals surface area contributed by atoms with Crippen LogP contribution in [-0.4, -0.2) is 15.9 Å². The van der Waals surface area contributed by atoms with Crippen LogP contribution in [0.4, 0.5) is 0 Å². The Morgan fingerprint density at radius 2 is 1.83 bits per heavy atom. The first-order chi connectivity index (χ1) is 11.2. The van der Waals surface area contributed by atoms with E-state index >= 15 is 0 Å². The van der Waals surface area contributed by atoms with Crippen molar-refractivity contribution in [3.63, 3.8) is 0 Å². The third kappa shape index (κ3) is 3.48. The number of aryl methyl sites for hydroxylation is 1. The molecule has 0 spiro atoms. The smallest absolute Gasteiger partial charge is 0.258 e. The minimum absolute atomic E-state index is 0.00161. The number of nitrogens with zero attached hydrogens (tertiary/aromatic N) is 2. The second kappa shape index (κ2) is 6.75. The molecule has 0 fully saturated rings. The first-order valence-corrected chi connectivity index (χ1v) is 8.03. The fourth-order valence-corrected chi connectivity index (χ4v) is 2.91. The molecule has 118 valence electrons. The monoisotopic (exact) mass is 308 g/mol. The number of hydrogen-bond acceptors (Lipinski definition) is 2. The third-order valence-electron chi connectivity index (χ3n) is 4.16. The minimum Gasteiger partial charge on any atom is -0.326 e. The zero-order chi connectivity index (χ0) is 16.2. The second-order valence-electron chi connectivity index (χ2n) is 5.89. The van der Waals surface area contributed by atoms with E-state index in [0.29, 0.717) is 0 Å². The van der Waals surface area contributed by atoms with E-state index in [9.17, 15) is 4.79 Å². The molecule has 0 aliphatic rings. The van der Waals surface area contributed by atoms with Crippen LogP contribution in [0, 0.1) is 6.92 Å². The number of aromatic nitrogens is 2. The van der Waals surface area contributed by atoms with Crippen LogP contribution in [0.5, 0.6) is 0 Å². The maximum Gasteiger partial charge on any atom is 0.258 e. The van der Waals surface area contributed by atoms with Crippen LogP contribution >= 0.6 is 0 Å². The zero-order valence-electron chi connectivity index (χ0n) is 13.6. The molecule has 0 bridgehead atoms. The van der Waals surface area contributed by atoms with Gasteiger partial charge in [-0.15, -0.1) is 0 Å². The van der Waals surface area contributed by atoms with E-state index in [2.05, 4.69) is 36.2 Å². The summed E-state index contributed by atoms with van der Waals surface area (Å²) in [5, 5.41) is 0. The number of hydrogen-bond donors (Lipinski definition) is 1. The van der Waals surface area contributed by atoms with Crippen molar-refractivity contribution in [3.05, 3.63) is 81.9 Å². The van der Waals surface area contributed by atoms with E-state index in [-0.39, 0.29) is 5.56 Å². The lowest BCUT2D eigenvalue weighted by atomic mass is 10.2. The van der Waals surface area contributed by atoms with Crippen LogP contribution in [0.1, 0.15) is 23.9 Å². The third-order valence-corrected chi connectivity index (χ3v) is 4.16. The van der Waals surface area contributed by atoms with Crippen molar-refractivity contribution < 1.29 is 4.90 Å². The maximum absolute atomic E-state index is 12.4. The van der Waals surface area contributed by atoms with Crippen molar-refractivity contribution >= 4 is 5.65 Å². The van der Waals surface area contributed by atoms with Crippen molar-refractivity contribution in [1.82, 2.24) is 9.38 Å². The van der Waals surface area contributed by atoms with E-state index in [1.54, 1.807) is 10.5 Å². The molecule has 4 heteroatoms. The summed E-state index contributed by atoms with van der Waals surface area (Å²) in [6.45, 7) is 6.77. The predicted octanol–water partition coefficient (Wildman–Crippen LogP) is 1.61. The summed E-state index contributed by atoms with van der Waals surface area (Å²) in [7, 11) is 0. The Morgan fingerprint density at radius 3 is 2.57 bits per heavy atom. The first-order valence-electron chi connectivity index (χ1n) is 8.03. The average molecular weight is 308 g/mol. The molecule has 0 amide bonds. The van der Waals surface area contributed by atoms with Gasteiger partial charge in [0, 0.05) is 17.3 Å². The number of nitrogens with one attached hydrogen (secondary N) is 1. The highest BCUT2D eigenvalue weighted by Crippen LogP contribution is 2.02. The molecular weight excluding hydrogens is 286 g/mol. The Labute approximate surface area is 136 Å². The van der Waals surface area contributed by atoms with Gasteiger partial charge in [-0.3, -0.25) is 9.20 Å². The van der Waals surface area contributed by atoms with Crippen LogP contribution in [0.3, 0.4) is 0 Å². The van der Waals surface area contributed by atoms with Gasteiger partial charge in [-0.25, -0.2) is 4.98 Å². The van der Waals surface area contributed by atoms with Gasteiger partial charge in [-0.1, -0.05) is 36.4 Å². The molecule has 4 nitrogen and oxygen atoms in total. The van der Waals surface area contributed by atoms with Crippen molar-refractivity contribution in [2.24, 2.45) is 0 Å². The summed E-state index contributed by atoms with van der Waals surface area (Å²) in [5.41, 5.74) is 3.79. The Bertz CT molecular complexity index is 855. The minimum atomic E-state index is -0.00161. The molecule has 3 aromatic rings. The Kier molecular flexibility index (Phi) is 4.53. The lowest BCUT2D eigenvalue weighted by molar-refractivity contribution is -0.926. The highest BCUT2D eigenvalue weighted by Gasteiger charge is 2.11. The highest BCUT2D eigenvalue weighted by molar-refractivity contribution is 5.40. The molecule has 0 aliphatic carbocycles. The standard InChI is InChI=1S/C19H21N3O/c1-3-21(13-16-9-5-4-6-10-16)14-17-12-19(23)22-15(2)8-7-11-18(22)20-17/h4-12H,3,13-14H2,1-2H3/p+1. The van der Waals surface area contributed by atoms with Crippen LogP contribution in [-0.2, 0) is 13.1 Å². The Morgan fingerprint density at radius 1 is 1.04 bits per heavy atom. The summed E-state index contributed by atoms with van der Waals surface area (Å²) in [4.78, 5) is 18.4. The zero-order valence-corrected chi connectivity index (χ0v) is 13.6. The largest absolute Gasteiger partial charge is 0.326 e. The predicted molar refractivity (Wildman–Crippen MR) is 91.6 cm³/mol. The van der Waals surface area contributed by atoms with E-state index in [0.717, 1.165) is 36.7 Å². The van der Waals surface area contributed by atoms with Crippen molar-refractivity contribution in [2.75, 3.05) is 6.54 Å². The van der Waals surface area contributed by atoms with Gasteiger partial charge in [0.1, 0.15) is 24.4 Å². The van der Waals surface area contributed by atoms with Crippen LogP contribution in [0.2, 0.25) is 0 Å².